The normalized spacial score (nSPS) is 14.1. The fourth-order valence-corrected chi connectivity index (χ4v) is 2.86. The number of anilines is 1. The van der Waals surface area contributed by atoms with Crippen LogP contribution < -0.4 is 4.72 Å². The summed E-state index contributed by atoms with van der Waals surface area (Å²) in [6, 6.07) is 5.77. The number of hydrogen-bond donors (Lipinski definition) is 2. The van der Waals surface area contributed by atoms with Crippen LogP contribution >= 0.6 is 0 Å². The monoisotopic (exact) mass is 337 g/mol. The van der Waals surface area contributed by atoms with Gasteiger partial charge in [-0.1, -0.05) is 18.2 Å². The molecule has 2 N–H and O–H groups in total. The zero-order valence-electron chi connectivity index (χ0n) is 9.30. The first-order chi connectivity index (χ1) is 8.83. The lowest BCUT2D eigenvalue weighted by molar-refractivity contribution is -0.101. The summed E-state index contributed by atoms with van der Waals surface area (Å²) in [7, 11) is -12.8. The van der Waals surface area contributed by atoms with E-state index in [1.54, 1.807) is 0 Å². The van der Waals surface area contributed by atoms with Crippen molar-refractivity contribution < 1.29 is 39.0 Å². The molecule has 0 bridgehead atoms. The Morgan fingerprint density at radius 1 is 0.900 bits per heavy atom. The van der Waals surface area contributed by atoms with Crippen molar-refractivity contribution in [3.8, 4) is 0 Å². The SMILES string of the molecule is O=S(=O)(O)C(F)(F)C(F)(F)S(=O)(=O)Nc1ccccc1. The fourth-order valence-electron chi connectivity index (χ4n) is 1.03. The first-order valence-corrected chi connectivity index (χ1v) is 7.55. The van der Waals surface area contributed by atoms with E-state index in [1.165, 1.54) is 18.2 Å². The average molecular weight is 337 g/mol. The zero-order valence-corrected chi connectivity index (χ0v) is 10.9. The van der Waals surface area contributed by atoms with Crippen LogP contribution in [0.25, 0.3) is 0 Å². The molecule has 0 amide bonds. The summed E-state index contributed by atoms with van der Waals surface area (Å²) < 4.78 is 104. The highest BCUT2D eigenvalue weighted by atomic mass is 32.2. The molecular weight excluding hydrogens is 330 g/mol. The molecule has 114 valence electrons. The predicted octanol–water partition coefficient (Wildman–Crippen LogP) is 1.50. The average Bonchev–Trinajstić information content (AvgIpc) is 2.27. The van der Waals surface area contributed by atoms with E-state index in [4.69, 9.17) is 4.55 Å². The Labute approximate surface area is 111 Å². The number of nitrogens with one attached hydrogen (secondary N) is 1. The van der Waals surface area contributed by atoms with Crippen molar-refractivity contribution in [2.75, 3.05) is 4.72 Å². The number of halogens is 4. The molecule has 6 nitrogen and oxygen atoms in total. The molecule has 0 unspecified atom stereocenters. The lowest BCUT2D eigenvalue weighted by Gasteiger charge is -2.23. The molecule has 0 aromatic heterocycles. The van der Waals surface area contributed by atoms with Crippen molar-refractivity contribution >= 4 is 25.8 Å². The number of rotatable bonds is 5. The standard InChI is InChI=1S/C8H7F4NO5S2/c9-7(10,8(11,12)20(16,17)18)19(14,15)13-6-4-2-1-3-5-6/h1-5,13H,(H,16,17,18). The van der Waals surface area contributed by atoms with Crippen molar-refractivity contribution in [2.45, 2.75) is 10.5 Å². The molecule has 1 rings (SSSR count). The first kappa shape index (κ1) is 16.7. The topological polar surface area (TPSA) is 101 Å². The van der Waals surface area contributed by atoms with Gasteiger partial charge in [-0.25, -0.2) is 0 Å². The van der Waals surface area contributed by atoms with Gasteiger partial charge >= 0.3 is 30.7 Å². The Morgan fingerprint density at radius 3 is 1.75 bits per heavy atom. The minimum absolute atomic E-state index is 0.488. The number of benzene rings is 1. The Kier molecular flexibility index (Phi) is 4.04. The molecule has 20 heavy (non-hydrogen) atoms. The van der Waals surface area contributed by atoms with E-state index in [-0.39, 0.29) is 0 Å². The summed E-state index contributed by atoms with van der Waals surface area (Å²) in [6.07, 6.45) is 0. The predicted molar refractivity (Wildman–Crippen MR) is 60.4 cm³/mol. The van der Waals surface area contributed by atoms with Crippen LogP contribution in [-0.2, 0) is 20.1 Å². The number of sulfonamides is 1. The number of alkyl halides is 4. The third-order valence-electron chi connectivity index (χ3n) is 2.03. The molecule has 0 aliphatic heterocycles. The molecular formula is C8H7F4NO5S2. The van der Waals surface area contributed by atoms with Crippen LogP contribution in [0.1, 0.15) is 0 Å². The fraction of sp³-hybridized carbons (Fsp3) is 0.250. The van der Waals surface area contributed by atoms with E-state index >= 15 is 0 Å². The second kappa shape index (κ2) is 4.86. The lowest BCUT2D eigenvalue weighted by atomic mass is 10.3. The van der Waals surface area contributed by atoms with Crippen LogP contribution in [0.4, 0.5) is 23.2 Å². The molecule has 0 saturated carbocycles. The van der Waals surface area contributed by atoms with Gasteiger partial charge in [-0.15, -0.1) is 0 Å². The van der Waals surface area contributed by atoms with E-state index in [2.05, 4.69) is 0 Å². The zero-order chi connectivity index (χ0) is 15.8. The van der Waals surface area contributed by atoms with Crippen molar-refractivity contribution in [3.05, 3.63) is 30.3 Å². The Balaban J connectivity index is 3.27. The van der Waals surface area contributed by atoms with Gasteiger partial charge in [0.1, 0.15) is 0 Å². The summed E-state index contributed by atoms with van der Waals surface area (Å²) in [6.45, 7) is 0. The van der Waals surface area contributed by atoms with E-state index in [9.17, 15) is 34.4 Å². The van der Waals surface area contributed by atoms with Gasteiger partial charge in [0.2, 0.25) is 0 Å². The molecule has 1 aromatic rings. The van der Waals surface area contributed by atoms with Crippen LogP contribution in [0.2, 0.25) is 0 Å². The van der Waals surface area contributed by atoms with Gasteiger partial charge in [0.05, 0.1) is 0 Å². The van der Waals surface area contributed by atoms with Gasteiger partial charge in [0, 0.05) is 5.69 Å². The molecule has 0 atom stereocenters. The second-order valence-electron chi connectivity index (χ2n) is 3.48. The van der Waals surface area contributed by atoms with Gasteiger partial charge in [-0.2, -0.15) is 34.4 Å². The van der Waals surface area contributed by atoms with Crippen molar-refractivity contribution in [2.24, 2.45) is 0 Å². The van der Waals surface area contributed by atoms with E-state index in [1.807, 2.05) is 0 Å². The maximum absolute atomic E-state index is 13.2. The molecule has 0 radical (unpaired) electrons. The lowest BCUT2D eigenvalue weighted by Crippen LogP contribution is -2.53. The van der Waals surface area contributed by atoms with Gasteiger partial charge < -0.3 is 0 Å². The molecule has 0 heterocycles. The maximum atomic E-state index is 13.2. The molecule has 0 aliphatic rings. The van der Waals surface area contributed by atoms with Gasteiger partial charge in [-0.3, -0.25) is 9.27 Å². The summed E-state index contributed by atoms with van der Waals surface area (Å²) in [5, 5.41) is -12.3. The first-order valence-electron chi connectivity index (χ1n) is 4.63. The highest BCUT2D eigenvalue weighted by Gasteiger charge is 2.73. The summed E-state index contributed by atoms with van der Waals surface area (Å²) in [5.74, 6) is 0. The van der Waals surface area contributed by atoms with Gasteiger partial charge in [-0.05, 0) is 12.1 Å². The minimum atomic E-state index is -6.64. The largest absolute Gasteiger partial charge is 0.449 e. The van der Waals surface area contributed by atoms with Crippen molar-refractivity contribution in [3.63, 3.8) is 0 Å². The van der Waals surface area contributed by atoms with E-state index < -0.39 is 36.3 Å². The third-order valence-corrected chi connectivity index (χ3v) is 4.50. The van der Waals surface area contributed by atoms with E-state index in [0.29, 0.717) is 0 Å². The molecule has 1 aromatic carbocycles. The van der Waals surface area contributed by atoms with Crippen molar-refractivity contribution in [1.82, 2.24) is 0 Å². The Morgan fingerprint density at radius 2 is 1.35 bits per heavy atom. The van der Waals surface area contributed by atoms with E-state index in [0.717, 1.165) is 16.9 Å². The van der Waals surface area contributed by atoms with Crippen LogP contribution in [0.3, 0.4) is 0 Å². The van der Waals surface area contributed by atoms with Crippen molar-refractivity contribution in [1.29, 1.82) is 0 Å². The number of para-hydroxylation sites is 1. The second-order valence-corrected chi connectivity index (χ2v) is 6.67. The minimum Gasteiger partial charge on any atom is -0.281 e. The Bertz CT molecular complexity index is 687. The quantitative estimate of drug-likeness (QED) is 0.626. The molecule has 0 aliphatic carbocycles. The van der Waals surface area contributed by atoms with Crippen LogP contribution in [0, 0.1) is 0 Å². The van der Waals surface area contributed by atoms with Gasteiger partial charge in [0.15, 0.2) is 0 Å². The summed E-state index contributed by atoms with van der Waals surface area (Å²) in [5.41, 5.74) is -0.488. The van der Waals surface area contributed by atoms with Gasteiger partial charge in [0.25, 0.3) is 0 Å². The smallest absolute Gasteiger partial charge is 0.281 e. The molecule has 0 saturated heterocycles. The maximum Gasteiger partial charge on any atom is 0.449 e. The van der Waals surface area contributed by atoms with Crippen LogP contribution in [-0.4, -0.2) is 31.9 Å². The van der Waals surface area contributed by atoms with Crippen LogP contribution in [0.15, 0.2) is 30.3 Å². The number of hydrogen-bond acceptors (Lipinski definition) is 4. The highest BCUT2D eigenvalue weighted by molar-refractivity contribution is 7.95. The summed E-state index contributed by atoms with van der Waals surface area (Å²) >= 11 is 0. The molecule has 0 spiro atoms. The highest BCUT2D eigenvalue weighted by Crippen LogP contribution is 2.42. The Hall–Kier alpha value is -1.40. The van der Waals surface area contributed by atoms with Crippen LogP contribution in [0.5, 0.6) is 0 Å². The molecule has 0 fully saturated rings. The third kappa shape index (κ3) is 2.71. The summed E-state index contributed by atoms with van der Waals surface area (Å²) in [4.78, 5) is 0. The molecule has 12 heteroatoms.